The van der Waals surface area contributed by atoms with Gasteiger partial charge in [0.05, 0.1) is 16.6 Å². The summed E-state index contributed by atoms with van der Waals surface area (Å²) in [4.78, 5) is 19.9. The third-order valence-electron chi connectivity index (χ3n) is 3.87. The molecule has 0 fully saturated rings. The van der Waals surface area contributed by atoms with Crippen LogP contribution in [0.1, 0.15) is 20.3 Å². The van der Waals surface area contributed by atoms with Crippen LogP contribution in [0.25, 0.3) is 22.5 Å². The molecule has 1 heterocycles. The molecule has 0 aliphatic rings. The van der Waals surface area contributed by atoms with Gasteiger partial charge in [-0.05, 0) is 13.3 Å². The molecule has 1 unspecified atom stereocenters. The van der Waals surface area contributed by atoms with Gasteiger partial charge in [-0.15, -0.1) is 0 Å². The minimum Gasteiger partial charge on any atom is -0.332 e. The number of Topliss-reactive ketones (excluding diaryl/α,β-unsaturated/α-hetero) is 1. The number of aromatic nitrogens is 2. The summed E-state index contributed by atoms with van der Waals surface area (Å²) in [5, 5.41) is 0.721. The number of H-pyrrole nitrogens is 1. The van der Waals surface area contributed by atoms with Crippen LogP contribution in [-0.2, 0) is 4.79 Å². The smallest absolute Gasteiger partial charge is 0.167 e. The molecule has 0 aliphatic carbocycles. The molecular weight excluding hydrogens is 316 g/mol. The van der Waals surface area contributed by atoms with Crippen LogP contribution in [0.4, 0.5) is 0 Å². The van der Waals surface area contributed by atoms with Crippen molar-refractivity contribution in [2.45, 2.75) is 30.7 Å². The fourth-order valence-electron chi connectivity index (χ4n) is 2.61. The van der Waals surface area contributed by atoms with E-state index >= 15 is 0 Å². The van der Waals surface area contributed by atoms with E-state index < -0.39 is 0 Å². The van der Waals surface area contributed by atoms with E-state index in [0.29, 0.717) is 0 Å². The molecule has 3 nitrogen and oxygen atoms in total. The molecule has 24 heavy (non-hydrogen) atoms. The Morgan fingerprint density at radius 3 is 2.17 bits per heavy atom. The van der Waals surface area contributed by atoms with Crippen molar-refractivity contribution in [3.8, 4) is 22.5 Å². The number of carbonyl (C=O) groups excluding carboxylic acids is 1. The summed E-state index contributed by atoms with van der Waals surface area (Å²) in [6.45, 7) is 3.67. The van der Waals surface area contributed by atoms with E-state index in [0.717, 1.165) is 34.1 Å². The Balaban J connectivity index is 2.05. The van der Waals surface area contributed by atoms with Gasteiger partial charge < -0.3 is 4.98 Å². The summed E-state index contributed by atoms with van der Waals surface area (Å²) in [6, 6.07) is 20.3. The molecule has 0 saturated heterocycles. The molecule has 122 valence electrons. The summed E-state index contributed by atoms with van der Waals surface area (Å²) in [5.74, 6) is 0.182. The lowest BCUT2D eigenvalue weighted by Crippen LogP contribution is -2.11. The van der Waals surface area contributed by atoms with Crippen molar-refractivity contribution in [1.82, 2.24) is 9.97 Å². The van der Waals surface area contributed by atoms with Gasteiger partial charge in [-0.3, -0.25) is 4.79 Å². The van der Waals surface area contributed by atoms with Crippen LogP contribution in [0.3, 0.4) is 0 Å². The maximum absolute atomic E-state index is 11.7. The molecule has 0 spiro atoms. The highest BCUT2D eigenvalue weighted by Crippen LogP contribution is 2.34. The number of nitrogens with one attached hydrogen (secondary N) is 1. The number of imidazole rings is 1. The Morgan fingerprint density at radius 1 is 1.04 bits per heavy atom. The van der Waals surface area contributed by atoms with Crippen molar-refractivity contribution in [2.24, 2.45) is 0 Å². The molecule has 3 aromatic rings. The molecule has 0 aliphatic heterocycles. The second kappa shape index (κ2) is 7.49. The van der Waals surface area contributed by atoms with E-state index in [1.165, 1.54) is 11.8 Å². The van der Waals surface area contributed by atoms with Gasteiger partial charge in [0.25, 0.3) is 0 Å². The Bertz CT molecular complexity index is 755. The molecule has 3 rings (SSSR count). The van der Waals surface area contributed by atoms with E-state index in [1.807, 2.05) is 43.3 Å². The lowest BCUT2D eigenvalue weighted by molar-refractivity contribution is -0.116. The lowest BCUT2D eigenvalue weighted by atomic mass is 10.1. The number of ketones is 1. The molecule has 4 heteroatoms. The largest absolute Gasteiger partial charge is 0.332 e. The first-order chi connectivity index (χ1) is 11.7. The second-order valence-electron chi connectivity index (χ2n) is 5.62. The zero-order valence-corrected chi connectivity index (χ0v) is 14.6. The van der Waals surface area contributed by atoms with E-state index in [-0.39, 0.29) is 11.0 Å². The first-order valence-corrected chi connectivity index (χ1v) is 8.95. The van der Waals surface area contributed by atoms with E-state index in [4.69, 9.17) is 4.98 Å². The predicted octanol–water partition coefficient (Wildman–Crippen LogP) is 5.20. The van der Waals surface area contributed by atoms with Gasteiger partial charge in [0, 0.05) is 11.1 Å². The SMILES string of the molecule is CCC(Sc1nc(-c2ccccc2)c(-c2ccccc2)[nH]1)C(C)=O. The van der Waals surface area contributed by atoms with Crippen LogP contribution < -0.4 is 0 Å². The molecule has 0 radical (unpaired) electrons. The zero-order chi connectivity index (χ0) is 16.9. The number of nitrogens with zero attached hydrogens (tertiary/aromatic N) is 1. The number of carbonyl (C=O) groups is 1. The number of hydrogen-bond acceptors (Lipinski definition) is 3. The predicted molar refractivity (Wildman–Crippen MR) is 100 cm³/mol. The molecular formula is C20H20N2OS. The molecule has 1 aromatic heterocycles. The lowest BCUT2D eigenvalue weighted by Gasteiger charge is -2.07. The van der Waals surface area contributed by atoms with Crippen molar-refractivity contribution in [3.05, 3.63) is 60.7 Å². The number of thioether (sulfide) groups is 1. The van der Waals surface area contributed by atoms with Crippen molar-refractivity contribution in [3.63, 3.8) is 0 Å². The number of hydrogen-bond donors (Lipinski definition) is 1. The monoisotopic (exact) mass is 336 g/mol. The van der Waals surface area contributed by atoms with Crippen LogP contribution >= 0.6 is 11.8 Å². The highest BCUT2D eigenvalue weighted by molar-refractivity contribution is 8.00. The summed E-state index contributed by atoms with van der Waals surface area (Å²) < 4.78 is 0. The van der Waals surface area contributed by atoms with E-state index in [1.54, 1.807) is 6.92 Å². The third-order valence-corrected chi connectivity index (χ3v) is 5.24. The van der Waals surface area contributed by atoms with Crippen molar-refractivity contribution >= 4 is 17.5 Å². The molecule has 1 atom stereocenters. The molecule has 0 bridgehead atoms. The van der Waals surface area contributed by atoms with E-state index in [9.17, 15) is 4.79 Å². The minimum absolute atomic E-state index is 0.0663. The van der Waals surface area contributed by atoms with Crippen molar-refractivity contribution in [1.29, 1.82) is 0 Å². The normalized spacial score (nSPS) is 12.1. The Hall–Kier alpha value is -2.33. The van der Waals surface area contributed by atoms with Gasteiger partial charge in [0.1, 0.15) is 5.78 Å². The molecule has 2 aromatic carbocycles. The summed E-state index contributed by atoms with van der Waals surface area (Å²) in [5.41, 5.74) is 4.06. The fourth-order valence-corrected chi connectivity index (χ4v) is 3.52. The van der Waals surface area contributed by atoms with Gasteiger partial charge in [-0.1, -0.05) is 79.3 Å². The Morgan fingerprint density at radius 2 is 1.62 bits per heavy atom. The van der Waals surface area contributed by atoms with Crippen molar-refractivity contribution < 1.29 is 4.79 Å². The maximum Gasteiger partial charge on any atom is 0.167 e. The van der Waals surface area contributed by atoms with Gasteiger partial charge in [0.15, 0.2) is 5.16 Å². The zero-order valence-electron chi connectivity index (χ0n) is 13.8. The van der Waals surface area contributed by atoms with Crippen LogP contribution in [0, 0.1) is 0 Å². The number of aromatic amines is 1. The van der Waals surface area contributed by atoms with Crippen LogP contribution in [-0.4, -0.2) is 21.0 Å². The highest BCUT2D eigenvalue weighted by atomic mass is 32.2. The molecule has 0 saturated carbocycles. The average Bonchev–Trinajstić information content (AvgIpc) is 3.05. The first-order valence-electron chi connectivity index (χ1n) is 8.07. The number of benzene rings is 2. The Labute approximate surface area is 146 Å². The van der Waals surface area contributed by atoms with Crippen LogP contribution in [0.15, 0.2) is 65.8 Å². The van der Waals surface area contributed by atoms with Crippen LogP contribution in [0.5, 0.6) is 0 Å². The second-order valence-corrected chi connectivity index (χ2v) is 6.81. The van der Waals surface area contributed by atoms with Gasteiger partial charge in [-0.25, -0.2) is 4.98 Å². The highest BCUT2D eigenvalue weighted by Gasteiger charge is 2.19. The summed E-state index contributed by atoms with van der Waals surface area (Å²) in [7, 11) is 0. The number of rotatable bonds is 6. The third kappa shape index (κ3) is 3.60. The fraction of sp³-hybridized carbons (Fsp3) is 0.200. The van der Waals surface area contributed by atoms with Crippen LogP contribution in [0.2, 0.25) is 0 Å². The maximum atomic E-state index is 11.7. The molecule has 1 N–H and O–H groups in total. The Kier molecular flexibility index (Phi) is 5.16. The van der Waals surface area contributed by atoms with Gasteiger partial charge in [0.2, 0.25) is 0 Å². The van der Waals surface area contributed by atoms with Crippen molar-refractivity contribution in [2.75, 3.05) is 0 Å². The average molecular weight is 336 g/mol. The quantitative estimate of drug-likeness (QED) is 0.629. The van der Waals surface area contributed by atoms with Gasteiger partial charge >= 0.3 is 0 Å². The molecule has 0 amide bonds. The van der Waals surface area contributed by atoms with E-state index in [2.05, 4.69) is 29.2 Å². The summed E-state index contributed by atoms with van der Waals surface area (Å²) in [6.07, 6.45) is 0.794. The topological polar surface area (TPSA) is 45.8 Å². The first kappa shape index (κ1) is 16.5. The standard InChI is InChI=1S/C20H20N2OS/c1-3-17(14(2)23)24-20-21-18(15-10-6-4-7-11-15)19(22-20)16-12-8-5-9-13-16/h4-13,17H,3H2,1-2H3,(H,21,22). The van der Waals surface area contributed by atoms with Gasteiger partial charge in [-0.2, -0.15) is 0 Å². The summed E-state index contributed by atoms with van der Waals surface area (Å²) >= 11 is 1.50. The minimum atomic E-state index is -0.0663.